The van der Waals surface area contributed by atoms with E-state index in [9.17, 15) is 14.7 Å². The average molecular weight is 511 g/mol. The molecular formula is C28H38N4O5. The van der Waals surface area contributed by atoms with Gasteiger partial charge in [0.1, 0.15) is 6.04 Å². The van der Waals surface area contributed by atoms with Crippen molar-refractivity contribution in [1.29, 1.82) is 0 Å². The first-order chi connectivity index (χ1) is 17.7. The molecule has 2 aliphatic rings. The van der Waals surface area contributed by atoms with Gasteiger partial charge in [0, 0.05) is 24.5 Å². The van der Waals surface area contributed by atoms with Gasteiger partial charge in [0.25, 0.3) is 0 Å². The van der Waals surface area contributed by atoms with E-state index in [4.69, 9.17) is 15.2 Å². The van der Waals surface area contributed by atoms with Crippen LogP contribution in [0.4, 0.5) is 0 Å². The predicted octanol–water partition coefficient (Wildman–Crippen LogP) is 1.15. The Balaban J connectivity index is 1.51. The van der Waals surface area contributed by atoms with Crippen LogP contribution in [0.25, 0.3) is 0 Å². The van der Waals surface area contributed by atoms with Gasteiger partial charge in [0.05, 0.1) is 25.4 Å². The van der Waals surface area contributed by atoms with E-state index in [0.29, 0.717) is 39.1 Å². The topological polar surface area (TPSA) is 126 Å². The zero-order valence-corrected chi connectivity index (χ0v) is 21.6. The van der Waals surface area contributed by atoms with Gasteiger partial charge in [-0.05, 0) is 37.8 Å². The number of carbonyl (C=O) groups is 2. The second-order valence-corrected chi connectivity index (χ2v) is 10.7. The molecule has 2 fully saturated rings. The Hall–Kier alpha value is -2.82. The smallest absolute Gasteiger partial charge is 0.247 e. The molecule has 9 nitrogen and oxygen atoms in total. The first-order valence-corrected chi connectivity index (χ1v) is 12.8. The molecule has 0 saturated carbocycles. The third-order valence-electron chi connectivity index (χ3n) is 7.10. The molecule has 4 rings (SSSR count). The number of hydrogen-bond donors (Lipinski definition) is 4. The predicted molar refractivity (Wildman–Crippen MR) is 139 cm³/mol. The van der Waals surface area contributed by atoms with Crippen molar-refractivity contribution in [2.24, 2.45) is 11.1 Å². The molecule has 2 aromatic rings. The van der Waals surface area contributed by atoms with Gasteiger partial charge in [0.15, 0.2) is 0 Å². The van der Waals surface area contributed by atoms with Crippen molar-refractivity contribution < 1.29 is 24.2 Å². The Labute approximate surface area is 218 Å². The fourth-order valence-corrected chi connectivity index (χ4v) is 5.06. The zero-order chi connectivity index (χ0) is 26.5. The van der Waals surface area contributed by atoms with E-state index < -0.39 is 29.3 Å². The van der Waals surface area contributed by atoms with Crippen LogP contribution in [0.1, 0.15) is 31.4 Å². The van der Waals surface area contributed by atoms with Crippen LogP contribution >= 0.6 is 0 Å². The Morgan fingerprint density at radius 2 is 1.84 bits per heavy atom. The highest BCUT2D eigenvalue weighted by Gasteiger charge is 2.49. The van der Waals surface area contributed by atoms with Gasteiger partial charge in [-0.25, -0.2) is 0 Å². The maximum absolute atomic E-state index is 13.8. The van der Waals surface area contributed by atoms with Gasteiger partial charge in [0.2, 0.25) is 18.2 Å². The number of benzene rings is 2. The molecule has 5 N–H and O–H groups in total. The van der Waals surface area contributed by atoms with Crippen LogP contribution in [0.5, 0.6) is 0 Å². The van der Waals surface area contributed by atoms with Crippen LogP contribution in [-0.2, 0) is 32.1 Å². The van der Waals surface area contributed by atoms with Crippen molar-refractivity contribution in [2.75, 3.05) is 26.3 Å². The molecule has 4 atom stereocenters. The van der Waals surface area contributed by atoms with Gasteiger partial charge < -0.3 is 30.5 Å². The molecular weight excluding hydrogens is 472 g/mol. The number of nitrogens with zero attached hydrogens (tertiary/aromatic N) is 1. The maximum atomic E-state index is 13.8. The highest BCUT2D eigenvalue weighted by molar-refractivity contribution is 5.91. The average Bonchev–Trinajstić information content (AvgIpc) is 2.88. The van der Waals surface area contributed by atoms with Crippen molar-refractivity contribution in [1.82, 2.24) is 15.5 Å². The van der Waals surface area contributed by atoms with Gasteiger partial charge in [-0.3, -0.25) is 14.9 Å². The van der Waals surface area contributed by atoms with Gasteiger partial charge in [-0.2, -0.15) is 0 Å². The van der Waals surface area contributed by atoms with Gasteiger partial charge in [-0.15, -0.1) is 0 Å². The molecule has 2 heterocycles. The number of likely N-dealkylation sites (tertiary alicyclic amines) is 1. The number of nitrogens with two attached hydrogens (primary N) is 1. The Morgan fingerprint density at radius 3 is 2.49 bits per heavy atom. The van der Waals surface area contributed by atoms with E-state index >= 15 is 0 Å². The summed E-state index contributed by atoms with van der Waals surface area (Å²) in [5, 5.41) is 16.0. The van der Waals surface area contributed by atoms with Crippen molar-refractivity contribution in [3.63, 3.8) is 0 Å². The minimum Gasteiger partial charge on any atom is -0.374 e. The molecule has 2 aromatic carbocycles. The number of amides is 2. The lowest BCUT2D eigenvalue weighted by molar-refractivity contribution is -0.207. The minimum atomic E-state index is -1.14. The monoisotopic (exact) mass is 510 g/mol. The highest BCUT2D eigenvalue weighted by atomic mass is 16.6. The van der Waals surface area contributed by atoms with Gasteiger partial charge >= 0.3 is 0 Å². The second-order valence-electron chi connectivity index (χ2n) is 10.7. The number of aliphatic hydroxyl groups is 1. The molecule has 0 aliphatic carbocycles. The molecule has 2 aliphatic heterocycles. The molecule has 37 heavy (non-hydrogen) atoms. The van der Waals surface area contributed by atoms with E-state index in [0.717, 1.165) is 11.1 Å². The lowest BCUT2D eigenvalue weighted by Gasteiger charge is -2.52. The SMILES string of the molecule is CC(C)(N)C(=O)N[C@H](COCc1ccccc1)C(=O)N1CCC2NC(O)OCC2(Cc2ccccc2)C1. The molecule has 2 saturated heterocycles. The zero-order valence-electron chi connectivity index (χ0n) is 21.6. The van der Waals surface area contributed by atoms with Crippen LogP contribution in [-0.4, -0.2) is 72.2 Å². The second kappa shape index (κ2) is 11.7. The normalized spacial score (nSPS) is 24.7. The molecule has 0 aromatic heterocycles. The number of fused-ring (bicyclic) bond motifs is 1. The summed E-state index contributed by atoms with van der Waals surface area (Å²) in [5.74, 6) is -0.642. The summed E-state index contributed by atoms with van der Waals surface area (Å²) in [6.07, 6.45) is 0.299. The lowest BCUT2D eigenvalue weighted by Crippen LogP contribution is -2.68. The maximum Gasteiger partial charge on any atom is 0.247 e. The molecule has 0 radical (unpaired) electrons. The van der Waals surface area contributed by atoms with Crippen LogP contribution in [0, 0.1) is 5.41 Å². The number of nitrogens with one attached hydrogen (secondary N) is 2. The highest BCUT2D eigenvalue weighted by Crippen LogP contribution is 2.37. The number of carbonyl (C=O) groups excluding carboxylic acids is 2. The summed E-state index contributed by atoms with van der Waals surface area (Å²) < 4.78 is 11.5. The number of hydrogen-bond acceptors (Lipinski definition) is 7. The van der Waals surface area contributed by atoms with Crippen LogP contribution in [0.3, 0.4) is 0 Å². The van der Waals surface area contributed by atoms with E-state index in [1.165, 1.54) is 0 Å². The summed E-state index contributed by atoms with van der Waals surface area (Å²) in [6, 6.07) is 18.8. The van der Waals surface area contributed by atoms with E-state index in [1.807, 2.05) is 48.5 Å². The molecule has 200 valence electrons. The summed E-state index contributed by atoms with van der Waals surface area (Å²) >= 11 is 0. The molecule has 2 amide bonds. The molecule has 3 unspecified atom stereocenters. The number of ether oxygens (including phenoxy) is 2. The summed E-state index contributed by atoms with van der Waals surface area (Å²) in [4.78, 5) is 28.3. The quantitative estimate of drug-likeness (QED) is 0.399. The fraction of sp³-hybridized carbons (Fsp3) is 0.500. The minimum absolute atomic E-state index is 0.0224. The largest absolute Gasteiger partial charge is 0.374 e. The molecule has 0 bridgehead atoms. The Morgan fingerprint density at radius 1 is 1.19 bits per heavy atom. The summed E-state index contributed by atoms with van der Waals surface area (Å²) in [7, 11) is 0. The number of piperidine rings is 1. The van der Waals surface area contributed by atoms with E-state index in [-0.39, 0.29) is 18.6 Å². The third-order valence-corrected chi connectivity index (χ3v) is 7.10. The van der Waals surface area contributed by atoms with E-state index in [1.54, 1.807) is 18.7 Å². The van der Waals surface area contributed by atoms with Crippen molar-refractivity contribution in [3.8, 4) is 0 Å². The number of rotatable bonds is 9. The first-order valence-electron chi connectivity index (χ1n) is 12.8. The fourth-order valence-electron chi connectivity index (χ4n) is 5.06. The van der Waals surface area contributed by atoms with Crippen molar-refractivity contribution in [3.05, 3.63) is 71.8 Å². The summed E-state index contributed by atoms with van der Waals surface area (Å²) in [6.45, 7) is 4.76. The van der Waals surface area contributed by atoms with E-state index in [2.05, 4.69) is 22.8 Å². The number of aliphatic hydroxyl groups excluding tert-OH is 1. The summed E-state index contributed by atoms with van der Waals surface area (Å²) in [5.41, 5.74) is 6.54. The molecule has 0 spiro atoms. The third kappa shape index (κ3) is 6.94. The van der Waals surface area contributed by atoms with Crippen LogP contribution in [0.2, 0.25) is 0 Å². The van der Waals surface area contributed by atoms with Crippen molar-refractivity contribution >= 4 is 11.8 Å². The Bertz CT molecular complexity index is 1050. The first kappa shape index (κ1) is 27.2. The Kier molecular flexibility index (Phi) is 8.61. The van der Waals surface area contributed by atoms with Crippen molar-refractivity contribution in [2.45, 2.75) is 57.3 Å². The standard InChI is InChI=1S/C28H38N4O5/c1-27(2,29)25(34)30-22(17-36-16-21-11-7-4-8-12-21)24(33)32-14-13-23-28(18-32,19-37-26(35)31-23)15-20-9-5-3-6-10-20/h3-12,22-23,26,31,35H,13-19,29H2,1-2H3,(H,30,34)/t22-,23?,26?,28?/m1/s1. The van der Waals surface area contributed by atoms with Crippen LogP contribution in [0.15, 0.2) is 60.7 Å². The lowest BCUT2D eigenvalue weighted by atomic mass is 9.71. The van der Waals surface area contributed by atoms with Crippen LogP contribution < -0.4 is 16.4 Å². The van der Waals surface area contributed by atoms with Gasteiger partial charge in [-0.1, -0.05) is 60.7 Å². The molecule has 9 heteroatoms.